The van der Waals surface area contributed by atoms with Crippen molar-refractivity contribution < 1.29 is 0 Å². The van der Waals surface area contributed by atoms with E-state index in [1.165, 1.54) is 6.33 Å². The molecule has 0 radical (unpaired) electrons. The van der Waals surface area contributed by atoms with Gasteiger partial charge in [-0.15, -0.1) is 0 Å². The van der Waals surface area contributed by atoms with E-state index in [2.05, 4.69) is 26.5 Å². The second-order valence-electron chi connectivity index (χ2n) is 3.78. The number of hydrogen-bond acceptors (Lipinski definition) is 6. The third kappa shape index (κ3) is 1.40. The van der Waals surface area contributed by atoms with E-state index in [1.807, 2.05) is 6.07 Å². The lowest BCUT2D eigenvalue weighted by Gasteiger charge is -2.24. The van der Waals surface area contributed by atoms with Crippen LogP contribution >= 0.6 is 0 Å². The van der Waals surface area contributed by atoms with Crippen LogP contribution in [0.1, 0.15) is 11.6 Å². The minimum Gasteiger partial charge on any atom is -0.384 e. The monoisotopic (exact) mass is 239 g/mol. The van der Waals surface area contributed by atoms with E-state index in [1.54, 1.807) is 23.1 Å². The highest BCUT2D eigenvalue weighted by atomic mass is 15.4. The van der Waals surface area contributed by atoms with E-state index >= 15 is 0 Å². The lowest BCUT2D eigenvalue weighted by Crippen LogP contribution is -2.28. The molecule has 7 nitrogen and oxygen atoms in total. The van der Waals surface area contributed by atoms with Gasteiger partial charge in [-0.05, 0) is 6.07 Å². The van der Waals surface area contributed by atoms with Gasteiger partial charge in [0.1, 0.15) is 24.3 Å². The van der Waals surface area contributed by atoms with Crippen molar-refractivity contribution in [1.82, 2.24) is 19.7 Å². The first-order valence-electron chi connectivity index (χ1n) is 5.27. The molecule has 1 atom stereocenters. The second kappa shape index (κ2) is 3.85. The molecule has 7 heteroatoms. The first-order chi connectivity index (χ1) is 8.81. The van der Waals surface area contributed by atoms with Gasteiger partial charge in [0.05, 0.1) is 5.57 Å². The summed E-state index contributed by atoms with van der Waals surface area (Å²) in [5.74, 6) is 0.812. The van der Waals surface area contributed by atoms with Crippen LogP contribution in [0.25, 0.3) is 0 Å². The lowest BCUT2D eigenvalue weighted by molar-refractivity contribution is 0.583. The average Bonchev–Trinajstić information content (AvgIpc) is 2.85. The van der Waals surface area contributed by atoms with Crippen molar-refractivity contribution in [1.29, 1.82) is 5.26 Å². The minimum atomic E-state index is -0.387. The van der Waals surface area contributed by atoms with Crippen LogP contribution in [0.5, 0.6) is 0 Å². The summed E-state index contributed by atoms with van der Waals surface area (Å²) in [6.07, 6.45) is 4.78. The Bertz CT molecular complexity index is 650. The molecule has 2 aromatic rings. The molecule has 1 aliphatic rings. The first-order valence-corrected chi connectivity index (χ1v) is 5.27. The van der Waals surface area contributed by atoms with Crippen molar-refractivity contribution in [2.24, 2.45) is 5.73 Å². The Kier molecular flexibility index (Phi) is 2.20. The van der Waals surface area contributed by atoms with Gasteiger partial charge in [0.25, 0.3) is 0 Å². The summed E-state index contributed by atoms with van der Waals surface area (Å²) < 4.78 is 1.62. The Balaban J connectivity index is 2.20. The predicted molar refractivity (Wildman–Crippen MR) is 62.8 cm³/mol. The van der Waals surface area contributed by atoms with Crippen LogP contribution in [0.3, 0.4) is 0 Å². The molecule has 0 aliphatic carbocycles. The summed E-state index contributed by atoms with van der Waals surface area (Å²) in [7, 11) is 0. The molecule has 0 spiro atoms. The summed E-state index contributed by atoms with van der Waals surface area (Å²) in [4.78, 5) is 8.10. The fourth-order valence-electron chi connectivity index (χ4n) is 1.95. The second-order valence-corrected chi connectivity index (χ2v) is 3.78. The van der Waals surface area contributed by atoms with Gasteiger partial charge in [0.15, 0.2) is 0 Å². The Hall–Kier alpha value is -2.88. The van der Waals surface area contributed by atoms with Gasteiger partial charge in [-0.2, -0.15) is 15.3 Å². The van der Waals surface area contributed by atoms with E-state index < -0.39 is 0 Å². The highest BCUT2D eigenvalue weighted by molar-refractivity contribution is 5.50. The molecule has 0 saturated heterocycles. The van der Waals surface area contributed by atoms with Crippen LogP contribution in [0.15, 0.2) is 42.2 Å². The largest absolute Gasteiger partial charge is 0.384 e. The zero-order chi connectivity index (χ0) is 12.5. The summed E-state index contributed by atoms with van der Waals surface area (Å²) in [5, 5.41) is 16.2. The van der Waals surface area contributed by atoms with Gasteiger partial charge < -0.3 is 11.1 Å². The fourth-order valence-corrected chi connectivity index (χ4v) is 1.95. The van der Waals surface area contributed by atoms with Gasteiger partial charge in [-0.1, -0.05) is 6.07 Å². The molecule has 88 valence electrons. The van der Waals surface area contributed by atoms with Crippen molar-refractivity contribution in [3.05, 3.63) is 47.8 Å². The molecule has 2 aromatic heterocycles. The Morgan fingerprint density at radius 2 is 2.39 bits per heavy atom. The smallest absolute Gasteiger partial charge is 0.227 e. The van der Waals surface area contributed by atoms with Gasteiger partial charge in [0, 0.05) is 18.0 Å². The van der Waals surface area contributed by atoms with Crippen LogP contribution in [0.2, 0.25) is 0 Å². The maximum atomic E-state index is 9.25. The van der Waals surface area contributed by atoms with E-state index in [4.69, 9.17) is 5.73 Å². The normalized spacial score (nSPS) is 17.8. The molecule has 18 heavy (non-hydrogen) atoms. The van der Waals surface area contributed by atoms with Crippen LogP contribution in [-0.2, 0) is 0 Å². The minimum absolute atomic E-state index is 0.298. The van der Waals surface area contributed by atoms with E-state index in [-0.39, 0.29) is 6.04 Å². The number of rotatable bonds is 1. The molecule has 3 N–H and O–H groups in total. The highest BCUT2D eigenvalue weighted by Crippen LogP contribution is 2.31. The number of hydrogen-bond donors (Lipinski definition) is 2. The van der Waals surface area contributed by atoms with Gasteiger partial charge in [-0.3, -0.25) is 4.98 Å². The number of fused-ring (bicyclic) bond motifs is 1. The van der Waals surface area contributed by atoms with E-state index in [0.29, 0.717) is 17.3 Å². The van der Waals surface area contributed by atoms with Crippen LogP contribution < -0.4 is 11.1 Å². The average molecular weight is 239 g/mol. The zero-order valence-corrected chi connectivity index (χ0v) is 9.28. The molecule has 0 bridgehead atoms. The number of pyridine rings is 1. The van der Waals surface area contributed by atoms with Crippen molar-refractivity contribution >= 4 is 5.95 Å². The molecular weight excluding hydrogens is 230 g/mol. The van der Waals surface area contributed by atoms with Crippen LogP contribution in [0, 0.1) is 11.3 Å². The van der Waals surface area contributed by atoms with Crippen LogP contribution in [-0.4, -0.2) is 19.7 Å². The molecule has 3 heterocycles. The molecule has 0 fully saturated rings. The van der Waals surface area contributed by atoms with Crippen molar-refractivity contribution in [2.75, 3.05) is 5.32 Å². The fraction of sp³-hybridized carbons (Fsp3) is 0.0909. The van der Waals surface area contributed by atoms with Crippen LogP contribution in [0.4, 0.5) is 5.95 Å². The molecular formula is C11H9N7. The molecule has 0 aromatic carbocycles. The quantitative estimate of drug-likeness (QED) is 0.745. The maximum absolute atomic E-state index is 9.25. The number of aromatic nitrogens is 4. The Labute approximate surface area is 103 Å². The van der Waals surface area contributed by atoms with Crippen molar-refractivity contribution in [2.45, 2.75) is 6.04 Å². The number of nitrogens with two attached hydrogens (primary N) is 1. The van der Waals surface area contributed by atoms with E-state index in [9.17, 15) is 5.26 Å². The number of allylic oxidation sites excluding steroid dienone is 1. The first kappa shape index (κ1) is 10.3. The number of nitrogens with one attached hydrogen (secondary N) is 1. The highest BCUT2D eigenvalue weighted by Gasteiger charge is 2.29. The SMILES string of the molecule is N#CC1=C(N)Nc2ncnn2C1c1cccnc1. The number of nitrogens with zero attached hydrogens (tertiary/aromatic N) is 5. The summed E-state index contributed by atoms with van der Waals surface area (Å²) in [6.45, 7) is 0. The Morgan fingerprint density at radius 3 is 3.11 bits per heavy atom. The molecule has 3 rings (SSSR count). The Morgan fingerprint density at radius 1 is 1.50 bits per heavy atom. The third-order valence-corrected chi connectivity index (χ3v) is 2.75. The van der Waals surface area contributed by atoms with Crippen molar-refractivity contribution in [3.8, 4) is 6.07 Å². The molecule has 0 saturated carbocycles. The van der Waals surface area contributed by atoms with Gasteiger partial charge in [0.2, 0.25) is 5.95 Å². The van der Waals surface area contributed by atoms with Gasteiger partial charge in [-0.25, -0.2) is 4.68 Å². The summed E-state index contributed by atoms with van der Waals surface area (Å²) in [5.41, 5.74) is 7.08. The topological polar surface area (TPSA) is 105 Å². The van der Waals surface area contributed by atoms with Crippen molar-refractivity contribution in [3.63, 3.8) is 0 Å². The number of anilines is 1. The molecule has 1 aliphatic heterocycles. The summed E-state index contributed by atoms with van der Waals surface area (Å²) >= 11 is 0. The third-order valence-electron chi connectivity index (χ3n) is 2.75. The zero-order valence-electron chi connectivity index (χ0n) is 9.28. The van der Waals surface area contributed by atoms with E-state index in [0.717, 1.165) is 5.56 Å². The standard InChI is InChI=1S/C11H9N7/c12-4-8-9(7-2-1-3-14-5-7)18-11(15-6-16-18)17-10(8)13/h1-3,5-6,9H,13H2,(H,15,16,17). The molecule has 1 unspecified atom stereocenters. The molecule has 0 amide bonds. The summed E-state index contributed by atoms with van der Waals surface area (Å²) in [6, 6.07) is 5.40. The predicted octanol–water partition coefficient (Wildman–Crippen LogP) is 0.382. The maximum Gasteiger partial charge on any atom is 0.227 e. The van der Waals surface area contributed by atoms with Gasteiger partial charge >= 0.3 is 0 Å². The lowest BCUT2D eigenvalue weighted by atomic mass is 10.00. The number of nitriles is 1.